The third-order valence-electron chi connectivity index (χ3n) is 2.58. The Morgan fingerprint density at radius 1 is 1.43 bits per heavy atom. The van der Waals surface area contributed by atoms with Gasteiger partial charge >= 0.3 is 0 Å². The molecule has 0 aromatic heterocycles. The van der Waals surface area contributed by atoms with Crippen molar-refractivity contribution in [2.75, 3.05) is 46.9 Å². The standard InChI is InChI=1S/C9H18N2O3/c1-10-3-5-11(6-4-10)8(7-14-2)9(12)13/h8H,3-7H2,1-2H3,(H,12,13)/p-1. The Kier molecular flexibility index (Phi) is 4.31. The number of carboxylic acids is 1. The number of carbonyl (C=O) groups is 1. The van der Waals surface area contributed by atoms with E-state index < -0.39 is 12.0 Å². The molecule has 1 aliphatic heterocycles. The third kappa shape index (κ3) is 2.94. The van der Waals surface area contributed by atoms with E-state index in [0.717, 1.165) is 26.2 Å². The minimum Gasteiger partial charge on any atom is -0.548 e. The van der Waals surface area contributed by atoms with Gasteiger partial charge < -0.3 is 19.5 Å². The second kappa shape index (κ2) is 5.29. The Bertz CT molecular complexity index is 190. The maximum atomic E-state index is 10.8. The lowest BCUT2D eigenvalue weighted by molar-refractivity contribution is -0.313. The Balaban J connectivity index is 2.47. The number of aliphatic carboxylic acids is 1. The number of hydrogen-bond acceptors (Lipinski definition) is 5. The molecule has 14 heavy (non-hydrogen) atoms. The maximum Gasteiger partial charge on any atom is 0.0731 e. The zero-order chi connectivity index (χ0) is 10.6. The normalized spacial score (nSPS) is 22.1. The van der Waals surface area contributed by atoms with E-state index in [-0.39, 0.29) is 6.61 Å². The van der Waals surface area contributed by atoms with Crippen LogP contribution in [0.1, 0.15) is 0 Å². The van der Waals surface area contributed by atoms with E-state index in [9.17, 15) is 9.90 Å². The van der Waals surface area contributed by atoms with E-state index >= 15 is 0 Å². The van der Waals surface area contributed by atoms with Crippen LogP contribution in [-0.4, -0.2) is 68.8 Å². The van der Waals surface area contributed by atoms with Gasteiger partial charge in [0.2, 0.25) is 0 Å². The van der Waals surface area contributed by atoms with Gasteiger partial charge in [-0.15, -0.1) is 0 Å². The molecule has 1 aliphatic rings. The second-order valence-corrected chi connectivity index (χ2v) is 3.63. The average Bonchev–Trinajstić information content (AvgIpc) is 2.15. The molecule has 0 N–H and O–H groups in total. The summed E-state index contributed by atoms with van der Waals surface area (Å²) in [5.41, 5.74) is 0. The van der Waals surface area contributed by atoms with Crippen molar-refractivity contribution in [3.8, 4) is 0 Å². The van der Waals surface area contributed by atoms with Gasteiger partial charge in [0.25, 0.3) is 0 Å². The molecule has 0 bridgehead atoms. The fourth-order valence-electron chi connectivity index (χ4n) is 1.61. The zero-order valence-electron chi connectivity index (χ0n) is 8.73. The molecule has 1 heterocycles. The lowest BCUT2D eigenvalue weighted by atomic mass is 10.2. The maximum absolute atomic E-state index is 10.8. The van der Waals surface area contributed by atoms with Crippen LogP contribution in [0.3, 0.4) is 0 Å². The zero-order valence-corrected chi connectivity index (χ0v) is 8.73. The van der Waals surface area contributed by atoms with Crippen LogP contribution in [-0.2, 0) is 9.53 Å². The first kappa shape index (κ1) is 11.4. The van der Waals surface area contributed by atoms with Crippen LogP contribution < -0.4 is 5.11 Å². The number of carbonyl (C=O) groups excluding carboxylic acids is 1. The van der Waals surface area contributed by atoms with Crippen LogP contribution in [0.15, 0.2) is 0 Å². The molecule has 1 saturated heterocycles. The van der Waals surface area contributed by atoms with E-state index in [1.165, 1.54) is 7.11 Å². The van der Waals surface area contributed by atoms with Gasteiger partial charge in [-0.05, 0) is 7.05 Å². The molecule has 5 heteroatoms. The summed E-state index contributed by atoms with van der Waals surface area (Å²) < 4.78 is 4.87. The molecule has 82 valence electrons. The van der Waals surface area contributed by atoms with E-state index in [0.29, 0.717) is 0 Å². The van der Waals surface area contributed by atoms with Gasteiger partial charge in [0.15, 0.2) is 0 Å². The van der Waals surface area contributed by atoms with Crippen molar-refractivity contribution in [1.29, 1.82) is 0 Å². The van der Waals surface area contributed by atoms with Crippen LogP contribution in [0.2, 0.25) is 0 Å². The van der Waals surface area contributed by atoms with Crippen LogP contribution in [0, 0.1) is 0 Å². The summed E-state index contributed by atoms with van der Waals surface area (Å²) in [5, 5.41) is 10.8. The number of ether oxygens (including phenoxy) is 1. The molecule has 0 aliphatic carbocycles. The Morgan fingerprint density at radius 3 is 2.43 bits per heavy atom. The van der Waals surface area contributed by atoms with Gasteiger partial charge in [-0.1, -0.05) is 0 Å². The van der Waals surface area contributed by atoms with E-state index in [1.807, 2.05) is 11.9 Å². The van der Waals surface area contributed by atoms with Crippen molar-refractivity contribution >= 4 is 5.97 Å². The summed E-state index contributed by atoms with van der Waals surface area (Å²) in [5.74, 6) is -1.04. The molecule has 1 unspecified atom stereocenters. The van der Waals surface area contributed by atoms with Gasteiger partial charge in [0.05, 0.1) is 18.6 Å². The summed E-state index contributed by atoms with van der Waals surface area (Å²) in [7, 11) is 3.54. The first-order valence-electron chi connectivity index (χ1n) is 4.77. The van der Waals surface area contributed by atoms with Gasteiger partial charge in [-0.25, -0.2) is 0 Å². The molecule has 0 aromatic rings. The lowest BCUT2D eigenvalue weighted by Gasteiger charge is -2.37. The molecule has 0 spiro atoms. The Hall–Kier alpha value is -0.650. The highest BCUT2D eigenvalue weighted by Crippen LogP contribution is 2.05. The number of piperazine rings is 1. The van der Waals surface area contributed by atoms with Crippen LogP contribution in [0.25, 0.3) is 0 Å². The number of likely N-dealkylation sites (N-methyl/N-ethyl adjacent to an activating group) is 1. The van der Waals surface area contributed by atoms with Gasteiger partial charge in [-0.3, -0.25) is 4.90 Å². The lowest BCUT2D eigenvalue weighted by Crippen LogP contribution is -2.56. The number of rotatable bonds is 4. The highest BCUT2D eigenvalue weighted by atomic mass is 16.5. The molecule has 0 radical (unpaired) electrons. The minimum atomic E-state index is -1.04. The van der Waals surface area contributed by atoms with Crippen molar-refractivity contribution in [2.45, 2.75) is 6.04 Å². The predicted octanol–water partition coefficient (Wildman–Crippen LogP) is -2.00. The van der Waals surface area contributed by atoms with Gasteiger partial charge in [0, 0.05) is 33.3 Å². The third-order valence-corrected chi connectivity index (χ3v) is 2.58. The summed E-state index contributed by atoms with van der Waals surface area (Å²) >= 11 is 0. The SMILES string of the molecule is COCC(C(=O)[O-])N1CCN(C)CC1. The quantitative estimate of drug-likeness (QED) is 0.526. The van der Waals surface area contributed by atoms with E-state index in [4.69, 9.17) is 4.74 Å². The van der Waals surface area contributed by atoms with Crippen LogP contribution in [0.4, 0.5) is 0 Å². The Labute approximate surface area is 84.2 Å². The van der Waals surface area contributed by atoms with Crippen LogP contribution in [0.5, 0.6) is 0 Å². The summed E-state index contributed by atoms with van der Waals surface area (Å²) in [4.78, 5) is 14.9. The molecule has 1 fully saturated rings. The molecule has 5 nitrogen and oxygen atoms in total. The minimum absolute atomic E-state index is 0.200. The van der Waals surface area contributed by atoms with Crippen LogP contribution >= 0.6 is 0 Å². The largest absolute Gasteiger partial charge is 0.548 e. The monoisotopic (exact) mass is 201 g/mol. The first-order chi connectivity index (χ1) is 6.65. The molecular weight excluding hydrogens is 184 g/mol. The van der Waals surface area contributed by atoms with Gasteiger partial charge in [0.1, 0.15) is 0 Å². The molecule has 0 amide bonds. The number of hydrogen-bond donors (Lipinski definition) is 0. The number of methoxy groups -OCH3 is 1. The first-order valence-corrected chi connectivity index (χ1v) is 4.77. The summed E-state index contributed by atoms with van der Waals surface area (Å²) in [6.45, 7) is 3.52. The second-order valence-electron chi connectivity index (χ2n) is 3.63. The fourth-order valence-corrected chi connectivity index (χ4v) is 1.61. The van der Waals surface area contributed by atoms with Crippen molar-refractivity contribution in [3.05, 3.63) is 0 Å². The Morgan fingerprint density at radius 2 is 2.00 bits per heavy atom. The molecular formula is C9H17N2O3-. The van der Waals surface area contributed by atoms with E-state index in [1.54, 1.807) is 0 Å². The highest BCUT2D eigenvalue weighted by Gasteiger charge is 2.22. The molecule has 0 aromatic carbocycles. The molecule has 1 atom stereocenters. The summed E-state index contributed by atoms with van der Waals surface area (Å²) in [6, 6.07) is -0.603. The van der Waals surface area contributed by atoms with Crippen molar-refractivity contribution < 1.29 is 14.6 Å². The van der Waals surface area contributed by atoms with Crippen molar-refractivity contribution in [1.82, 2.24) is 9.80 Å². The number of carboxylic acid groups (broad SMARTS) is 1. The smallest absolute Gasteiger partial charge is 0.0731 e. The average molecular weight is 201 g/mol. The molecule has 1 rings (SSSR count). The fraction of sp³-hybridized carbons (Fsp3) is 0.889. The topological polar surface area (TPSA) is 55.8 Å². The predicted molar refractivity (Wildman–Crippen MR) is 49.7 cm³/mol. The van der Waals surface area contributed by atoms with E-state index in [2.05, 4.69) is 4.90 Å². The van der Waals surface area contributed by atoms with Gasteiger partial charge in [-0.2, -0.15) is 0 Å². The van der Waals surface area contributed by atoms with Crippen molar-refractivity contribution in [2.24, 2.45) is 0 Å². The number of nitrogens with zero attached hydrogens (tertiary/aromatic N) is 2. The molecule has 0 saturated carbocycles. The summed E-state index contributed by atoms with van der Waals surface area (Å²) in [6.07, 6.45) is 0. The van der Waals surface area contributed by atoms with Crippen molar-refractivity contribution in [3.63, 3.8) is 0 Å². The highest BCUT2D eigenvalue weighted by molar-refractivity contribution is 5.71.